The van der Waals surface area contributed by atoms with Gasteiger partial charge in [-0.3, -0.25) is 30.1 Å². The molecule has 5 heterocycles. The van der Waals surface area contributed by atoms with Crippen molar-refractivity contribution in [1.29, 1.82) is 0 Å². The first-order valence-corrected chi connectivity index (χ1v) is 9.69. The molecule has 12 nitrogen and oxygen atoms in total. The average Bonchev–Trinajstić information content (AvgIpc) is 3.38. The van der Waals surface area contributed by atoms with E-state index in [1.165, 1.54) is 23.1 Å². The first-order valence-electron chi connectivity index (χ1n) is 8.10. The Morgan fingerprint density at radius 2 is 2.14 bits per heavy atom. The Bertz CT molecular complexity index is 1350. The molecule has 0 spiro atoms. The van der Waals surface area contributed by atoms with Gasteiger partial charge in [-0.15, -0.1) is 0 Å². The smallest absolute Gasteiger partial charge is 0.270 e. The van der Waals surface area contributed by atoms with E-state index in [0.29, 0.717) is 29.1 Å². The van der Waals surface area contributed by atoms with E-state index >= 15 is 0 Å². The summed E-state index contributed by atoms with van der Waals surface area (Å²) in [5.41, 5.74) is 4.03. The number of aromatic amines is 2. The van der Waals surface area contributed by atoms with Crippen LogP contribution in [0.4, 0.5) is 5.69 Å². The normalized spacial score (nSPS) is 15.9. The molecule has 5 rings (SSSR count). The van der Waals surface area contributed by atoms with Crippen LogP contribution < -0.4 is 11.0 Å². The summed E-state index contributed by atoms with van der Waals surface area (Å²) >= 11 is 6.58. The van der Waals surface area contributed by atoms with E-state index < -0.39 is 4.92 Å². The number of rotatable bonds is 3. The van der Waals surface area contributed by atoms with Crippen LogP contribution in [0, 0.1) is 10.1 Å². The number of H-pyrrole nitrogens is 2. The third kappa shape index (κ3) is 2.75. The van der Waals surface area contributed by atoms with Gasteiger partial charge in [0.25, 0.3) is 5.56 Å². The topological polar surface area (TPSA) is 150 Å². The first kappa shape index (κ1) is 18.0. The number of nitro groups is 1. The van der Waals surface area contributed by atoms with Crippen molar-refractivity contribution in [3.63, 3.8) is 0 Å². The minimum Gasteiger partial charge on any atom is -0.270 e. The number of hydrogen-bond donors (Lipinski definition) is 3. The van der Waals surface area contributed by atoms with Crippen LogP contribution in [-0.4, -0.2) is 47.5 Å². The van der Waals surface area contributed by atoms with Crippen LogP contribution in [0.5, 0.6) is 0 Å². The molecule has 0 atom stereocenters. The number of halogens is 2. The van der Waals surface area contributed by atoms with E-state index in [-0.39, 0.29) is 27.1 Å². The number of aromatic nitrogens is 5. The summed E-state index contributed by atoms with van der Waals surface area (Å²) < 4.78 is 2.54. The van der Waals surface area contributed by atoms with Gasteiger partial charge in [0, 0.05) is 35.9 Å². The summed E-state index contributed by atoms with van der Waals surface area (Å²) in [6.45, 7) is 0.573. The number of fused-ring (bicyclic) bond motifs is 2. The van der Waals surface area contributed by atoms with Gasteiger partial charge < -0.3 is 0 Å². The maximum atomic E-state index is 11.9. The molecule has 3 N–H and O–H groups in total. The fraction of sp³-hybridized carbons (Fsp3) is 0.0667. The molecule has 0 saturated heterocycles. The summed E-state index contributed by atoms with van der Waals surface area (Å²) in [6.07, 6.45) is 6.17. The predicted octanol–water partition coefficient (Wildman–Crippen LogP) is 1.89. The van der Waals surface area contributed by atoms with Crippen molar-refractivity contribution in [2.75, 3.05) is 6.54 Å². The van der Waals surface area contributed by atoms with Gasteiger partial charge in [-0.25, -0.2) is 19.9 Å². The van der Waals surface area contributed by atoms with Crippen LogP contribution in [0.25, 0.3) is 22.5 Å². The largest absolute Gasteiger partial charge is 0.322 e. The Morgan fingerprint density at radius 1 is 1.31 bits per heavy atom. The summed E-state index contributed by atoms with van der Waals surface area (Å²) in [6, 6.07) is 0. The molecule has 146 valence electrons. The number of nitrogens with one attached hydrogen (secondary N) is 3. The molecule has 29 heavy (non-hydrogen) atoms. The number of hydrogen-bond acceptors (Lipinski definition) is 8. The molecule has 14 heteroatoms. The third-order valence-corrected chi connectivity index (χ3v) is 5.74. The van der Waals surface area contributed by atoms with Crippen molar-refractivity contribution >= 4 is 55.0 Å². The Balaban J connectivity index is 1.63. The van der Waals surface area contributed by atoms with Crippen molar-refractivity contribution in [3.05, 3.63) is 59.5 Å². The van der Waals surface area contributed by atoms with E-state index in [4.69, 9.17) is 0 Å². The van der Waals surface area contributed by atoms with E-state index in [0.717, 1.165) is 4.48 Å². The fourth-order valence-electron chi connectivity index (χ4n) is 3.08. The highest BCUT2D eigenvalue weighted by molar-refractivity contribution is 9.11. The van der Waals surface area contributed by atoms with Crippen LogP contribution in [-0.2, 0) is 0 Å². The van der Waals surface area contributed by atoms with Crippen molar-refractivity contribution in [3.8, 4) is 11.3 Å². The van der Waals surface area contributed by atoms with Gasteiger partial charge in [0.1, 0.15) is 10.2 Å². The molecule has 2 aliphatic rings. The van der Waals surface area contributed by atoms with E-state index in [2.05, 4.69) is 62.6 Å². The van der Waals surface area contributed by atoms with E-state index in [1.807, 2.05) is 0 Å². The minimum atomic E-state index is -0.514. The van der Waals surface area contributed by atoms with E-state index in [9.17, 15) is 14.9 Å². The molecule has 0 amide bonds. The summed E-state index contributed by atoms with van der Waals surface area (Å²) in [5.74, 6) is 0.688. The van der Waals surface area contributed by atoms with Crippen LogP contribution in [0.3, 0.4) is 0 Å². The zero-order valence-electron chi connectivity index (χ0n) is 14.2. The lowest BCUT2D eigenvalue weighted by Gasteiger charge is -2.18. The lowest BCUT2D eigenvalue weighted by molar-refractivity contribution is -0.384. The van der Waals surface area contributed by atoms with Gasteiger partial charge in [-0.2, -0.15) is 5.10 Å². The van der Waals surface area contributed by atoms with Gasteiger partial charge in [-0.1, -0.05) is 15.9 Å². The molecule has 0 saturated carbocycles. The lowest BCUT2D eigenvalue weighted by Crippen LogP contribution is -2.28. The summed E-state index contributed by atoms with van der Waals surface area (Å²) in [5, 5.41) is 23.0. The quantitative estimate of drug-likeness (QED) is 0.351. The molecule has 3 aromatic heterocycles. The number of aliphatic imine (C=N–C) groups is 1. The second kappa shape index (κ2) is 6.47. The van der Waals surface area contributed by atoms with Gasteiger partial charge in [0.2, 0.25) is 0 Å². The maximum absolute atomic E-state index is 11.9. The molecule has 0 aliphatic carbocycles. The van der Waals surface area contributed by atoms with Crippen molar-refractivity contribution < 1.29 is 4.92 Å². The average molecular weight is 523 g/mol. The Hall–Kier alpha value is -3.10. The second-order valence-corrected chi connectivity index (χ2v) is 7.87. The number of nitrogens with zero attached hydrogens (tertiary/aromatic N) is 6. The maximum Gasteiger partial charge on any atom is 0.322 e. The van der Waals surface area contributed by atoms with E-state index in [1.54, 1.807) is 11.2 Å². The Morgan fingerprint density at radius 3 is 2.93 bits per heavy atom. The summed E-state index contributed by atoms with van der Waals surface area (Å²) in [7, 11) is 0. The van der Waals surface area contributed by atoms with Gasteiger partial charge in [-0.05, 0) is 15.9 Å². The summed E-state index contributed by atoms with van der Waals surface area (Å²) in [4.78, 5) is 31.6. The van der Waals surface area contributed by atoms with Crippen LogP contribution >= 0.6 is 31.9 Å². The van der Waals surface area contributed by atoms with Crippen LogP contribution in [0.1, 0.15) is 5.69 Å². The van der Waals surface area contributed by atoms with Crippen molar-refractivity contribution in [2.45, 2.75) is 0 Å². The van der Waals surface area contributed by atoms with Crippen LogP contribution in [0.2, 0.25) is 0 Å². The highest BCUT2D eigenvalue weighted by atomic mass is 79.9. The molecule has 0 radical (unpaired) electrons. The molecule has 0 fully saturated rings. The standard InChI is InChI=1S/C15H9Br2N9O3/c16-8-3-20-24-4-6(1-18-13(8)24)10-12(26(28)29)11(22-21-10)7-2-19-14-9(17)15(27)23-25(14)5-7/h1-2,4-5,20H,3H2,(H,21,22)(H,23,27). The fourth-order valence-corrected chi connectivity index (χ4v) is 3.88. The minimum absolute atomic E-state index is 0.0938. The molecule has 0 bridgehead atoms. The zero-order valence-corrected chi connectivity index (χ0v) is 17.4. The van der Waals surface area contributed by atoms with Crippen LogP contribution in [0.15, 0.2) is 43.2 Å². The van der Waals surface area contributed by atoms with Gasteiger partial charge >= 0.3 is 5.69 Å². The highest BCUT2D eigenvalue weighted by Crippen LogP contribution is 2.36. The first-order chi connectivity index (χ1) is 13.9. The third-order valence-electron chi connectivity index (χ3n) is 4.39. The monoisotopic (exact) mass is 521 g/mol. The van der Waals surface area contributed by atoms with Crippen molar-refractivity contribution in [2.24, 2.45) is 4.99 Å². The molecular formula is C15H9Br2N9O3. The molecule has 2 aliphatic heterocycles. The Kier molecular flexibility index (Phi) is 4.01. The molecule has 0 aromatic carbocycles. The highest BCUT2D eigenvalue weighted by Gasteiger charge is 2.30. The predicted molar refractivity (Wildman–Crippen MR) is 110 cm³/mol. The van der Waals surface area contributed by atoms with Gasteiger partial charge in [0.05, 0.1) is 16.0 Å². The lowest BCUT2D eigenvalue weighted by atomic mass is 10.1. The zero-order chi connectivity index (χ0) is 20.3. The Labute approximate surface area is 177 Å². The molecule has 3 aromatic rings. The molecular weight excluding hydrogens is 514 g/mol. The SMILES string of the molecule is O=c1[nH]n2cc(-c3n[nH]c(C4=CN5NCC(Br)=C5N=C4)c3[N+](=O)[O-])cnc2c1Br. The molecule has 0 unspecified atom stereocenters. The number of allylic oxidation sites excluding steroid dienone is 1. The number of hydrazine groups is 1. The van der Waals surface area contributed by atoms with Crippen molar-refractivity contribution in [1.82, 2.24) is 35.2 Å². The second-order valence-electron chi connectivity index (χ2n) is 6.12. The van der Waals surface area contributed by atoms with Gasteiger partial charge in [0.15, 0.2) is 17.2 Å².